The molecule has 7 nitrogen and oxygen atoms in total. The first-order chi connectivity index (χ1) is 12.0. The Bertz CT molecular complexity index is 717. The zero-order valence-electron chi connectivity index (χ0n) is 14.1. The number of methoxy groups -OCH3 is 1. The van der Waals surface area contributed by atoms with Crippen molar-refractivity contribution >= 4 is 34.9 Å². The van der Waals surface area contributed by atoms with Crippen molar-refractivity contribution in [3.63, 3.8) is 0 Å². The van der Waals surface area contributed by atoms with Crippen LogP contribution in [0.25, 0.3) is 6.08 Å². The molecule has 1 fully saturated rings. The summed E-state index contributed by atoms with van der Waals surface area (Å²) in [5.74, 6) is -0.106. The lowest BCUT2D eigenvalue weighted by Crippen LogP contribution is -2.36. The molecular weight excluding hydrogens is 344 g/mol. The largest absolute Gasteiger partial charge is 0.493 e. The van der Waals surface area contributed by atoms with Gasteiger partial charge in [-0.3, -0.25) is 19.3 Å². The number of ether oxygens (including phenoxy) is 2. The molecule has 0 bridgehead atoms. The first kappa shape index (κ1) is 18.9. The molecule has 25 heavy (non-hydrogen) atoms. The number of nitrogens with zero attached hydrogens (tertiary/aromatic N) is 1. The highest BCUT2D eigenvalue weighted by atomic mass is 32.2. The van der Waals surface area contributed by atoms with Crippen LogP contribution in [0.2, 0.25) is 0 Å². The topological polar surface area (TPSA) is 98.9 Å². The average Bonchev–Trinajstić information content (AvgIpc) is 2.83. The number of rotatable bonds is 8. The second kappa shape index (κ2) is 8.57. The Kier molecular flexibility index (Phi) is 6.46. The summed E-state index contributed by atoms with van der Waals surface area (Å²) in [7, 11) is 1.53. The monoisotopic (exact) mass is 364 g/mol. The Morgan fingerprint density at radius 1 is 1.32 bits per heavy atom. The van der Waals surface area contributed by atoms with E-state index in [9.17, 15) is 14.4 Å². The minimum atomic E-state index is -0.737. The quantitative estimate of drug-likeness (QED) is 0.562. The number of imide groups is 1. The van der Waals surface area contributed by atoms with Crippen LogP contribution in [0.5, 0.6) is 11.5 Å². The standard InChI is InChI=1S/C17H20N2O5S/c1-3-4-7-24-12-6-5-11(8-13(12)23-2)9-14-16(21)19(10-15(18)20)17(22)25-14/h5-6,8-9H,3-4,7,10H2,1-2H3,(H2,18,20)/b14-9-. The molecule has 2 rings (SSSR count). The van der Waals surface area contributed by atoms with Gasteiger partial charge in [0.15, 0.2) is 11.5 Å². The number of hydrogen-bond acceptors (Lipinski definition) is 6. The number of carbonyl (C=O) groups is 3. The van der Waals surface area contributed by atoms with E-state index in [-0.39, 0.29) is 4.91 Å². The number of benzene rings is 1. The van der Waals surface area contributed by atoms with Gasteiger partial charge in [-0.15, -0.1) is 0 Å². The van der Waals surface area contributed by atoms with Crippen molar-refractivity contribution in [1.29, 1.82) is 0 Å². The van der Waals surface area contributed by atoms with Gasteiger partial charge >= 0.3 is 0 Å². The number of carbonyl (C=O) groups excluding carboxylic acids is 3. The number of nitrogens with two attached hydrogens (primary N) is 1. The summed E-state index contributed by atoms with van der Waals surface area (Å²) >= 11 is 0.772. The minimum absolute atomic E-state index is 0.230. The zero-order chi connectivity index (χ0) is 18.4. The maximum atomic E-state index is 12.2. The number of thioether (sulfide) groups is 1. The number of amides is 3. The van der Waals surface area contributed by atoms with Crippen molar-refractivity contribution in [2.24, 2.45) is 5.73 Å². The third-order valence-corrected chi connectivity index (χ3v) is 4.34. The summed E-state index contributed by atoms with van der Waals surface area (Å²) < 4.78 is 11.0. The third-order valence-electron chi connectivity index (χ3n) is 3.43. The fraction of sp³-hybridized carbons (Fsp3) is 0.353. The third kappa shape index (κ3) is 4.76. The summed E-state index contributed by atoms with van der Waals surface area (Å²) in [6.07, 6.45) is 3.55. The van der Waals surface area contributed by atoms with Crippen LogP contribution in [-0.4, -0.2) is 42.2 Å². The number of hydrogen-bond donors (Lipinski definition) is 1. The molecule has 0 aliphatic carbocycles. The SMILES string of the molecule is CCCCOc1ccc(/C=C2\SC(=O)N(CC(N)=O)C2=O)cc1OC. The van der Waals surface area contributed by atoms with E-state index in [1.165, 1.54) is 7.11 Å². The predicted octanol–water partition coefficient (Wildman–Crippen LogP) is 2.40. The molecule has 1 aliphatic heterocycles. The van der Waals surface area contributed by atoms with Crippen molar-refractivity contribution in [3.05, 3.63) is 28.7 Å². The summed E-state index contributed by atoms with van der Waals surface area (Å²) in [5.41, 5.74) is 5.74. The van der Waals surface area contributed by atoms with Gasteiger partial charge in [0.1, 0.15) is 6.54 Å². The highest BCUT2D eigenvalue weighted by Crippen LogP contribution is 2.34. The first-order valence-electron chi connectivity index (χ1n) is 7.80. The first-order valence-corrected chi connectivity index (χ1v) is 8.62. The summed E-state index contributed by atoms with van der Waals surface area (Å²) in [6, 6.07) is 5.25. The molecule has 1 aromatic rings. The molecule has 3 amide bonds. The molecule has 0 radical (unpaired) electrons. The van der Waals surface area contributed by atoms with Crippen LogP contribution in [0.15, 0.2) is 23.1 Å². The lowest BCUT2D eigenvalue weighted by molar-refractivity contribution is -0.127. The van der Waals surface area contributed by atoms with Crippen LogP contribution >= 0.6 is 11.8 Å². The Morgan fingerprint density at radius 3 is 2.72 bits per heavy atom. The number of primary amides is 1. The Labute approximate surface area is 150 Å². The Hall–Kier alpha value is -2.48. The van der Waals surface area contributed by atoms with Gasteiger partial charge in [-0.05, 0) is 42.0 Å². The van der Waals surface area contributed by atoms with E-state index < -0.39 is 23.6 Å². The molecule has 0 saturated carbocycles. The van der Waals surface area contributed by atoms with E-state index in [1.807, 2.05) is 0 Å². The van der Waals surface area contributed by atoms with Gasteiger partial charge in [-0.2, -0.15) is 0 Å². The average molecular weight is 364 g/mol. The highest BCUT2D eigenvalue weighted by molar-refractivity contribution is 8.18. The molecule has 1 heterocycles. The van der Waals surface area contributed by atoms with Crippen molar-refractivity contribution in [2.75, 3.05) is 20.3 Å². The van der Waals surface area contributed by atoms with Crippen molar-refractivity contribution in [1.82, 2.24) is 4.90 Å². The van der Waals surface area contributed by atoms with E-state index in [4.69, 9.17) is 15.2 Å². The fourth-order valence-electron chi connectivity index (χ4n) is 2.16. The van der Waals surface area contributed by atoms with Crippen LogP contribution < -0.4 is 15.2 Å². The van der Waals surface area contributed by atoms with Crippen LogP contribution in [0.3, 0.4) is 0 Å². The second-order valence-electron chi connectivity index (χ2n) is 5.35. The highest BCUT2D eigenvalue weighted by Gasteiger charge is 2.35. The van der Waals surface area contributed by atoms with Gasteiger partial charge in [0, 0.05) is 0 Å². The predicted molar refractivity (Wildman–Crippen MR) is 95.3 cm³/mol. The molecule has 0 atom stereocenters. The van der Waals surface area contributed by atoms with Gasteiger partial charge in [-0.1, -0.05) is 19.4 Å². The molecule has 1 aliphatic rings. The minimum Gasteiger partial charge on any atom is -0.493 e. The lowest BCUT2D eigenvalue weighted by Gasteiger charge is -2.11. The number of unbranched alkanes of at least 4 members (excludes halogenated alkanes) is 1. The zero-order valence-corrected chi connectivity index (χ0v) is 14.9. The van der Waals surface area contributed by atoms with E-state index in [0.717, 1.165) is 29.5 Å². The molecule has 0 unspecified atom stereocenters. The molecule has 0 spiro atoms. The van der Waals surface area contributed by atoms with Crippen molar-refractivity contribution in [3.8, 4) is 11.5 Å². The fourth-order valence-corrected chi connectivity index (χ4v) is 3.00. The molecule has 2 N–H and O–H groups in total. The van der Waals surface area contributed by atoms with Gasteiger partial charge in [0.25, 0.3) is 11.1 Å². The maximum absolute atomic E-state index is 12.2. The van der Waals surface area contributed by atoms with E-state index in [2.05, 4.69) is 6.92 Å². The molecule has 1 saturated heterocycles. The van der Waals surface area contributed by atoms with Crippen molar-refractivity contribution < 1.29 is 23.9 Å². The molecule has 0 aromatic heterocycles. The summed E-state index contributed by atoms with van der Waals surface area (Å²) in [5, 5.41) is -0.512. The van der Waals surface area contributed by atoms with E-state index >= 15 is 0 Å². The second-order valence-corrected chi connectivity index (χ2v) is 6.34. The van der Waals surface area contributed by atoms with Gasteiger partial charge in [-0.25, -0.2) is 0 Å². The van der Waals surface area contributed by atoms with Crippen LogP contribution in [0, 0.1) is 0 Å². The van der Waals surface area contributed by atoms with Gasteiger partial charge in [0.2, 0.25) is 5.91 Å². The normalized spacial score (nSPS) is 15.8. The van der Waals surface area contributed by atoms with Gasteiger partial charge < -0.3 is 15.2 Å². The van der Waals surface area contributed by atoms with Gasteiger partial charge in [0.05, 0.1) is 18.6 Å². The molecule has 134 valence electrons. The van der Waals surface area contributed by atoms with E-state index in [1.54, 1.807) is 24.3 Å². The Morgan fingerprint density at radius 2 is 2.08 bits per heavy atom. The van der Waals surface area contributed by atoms with Crippen LogP contribution in [-0.2, 0) is 9.59 Å². The van der Waals surface area contributed by atoms with Crippen LogP contribution in [0.1, 0.15) is 25.3 Å². The Balaban J connectivity index is 2.19. The maximum Gasteiger partial charge on any atom is 0.294 e. The summed E-state index contributed by atoms with van der Waals surface area (Å²) in [6.45, 7) is 2.25. The molecule has 8 heteroatoms. The molecule has 1 aromatic carbocycles. The summed E-state index contributed by atoms with van der Waals surface area (Å²) in [4.78, 5) is 36.0. The van der Waals surface area contributed by atoms with Crippen LogP contribution in [0.4, 0.5) is 4.79 Å². The van der Waals surface area contributed by atoms with Crippen molar-refractivity contribution in [2.45, 2.75) is 19.8 Å². The van der Waals surface area contributed by atoms with E-state index in [0.29, 0.717) is 23.7 Å². The molecular formula is C17H20N2O5S. The lowest BCUT2D eigenvalue weighted by atomic mass is 10.2. The smallest absolute Gasteiger partial charge is 0.294 e.